The van der Waals surface area contributed by atoms with Gasteiger partial charge in [-0.05, 0) is 48.7 Å². The normalized spacial score (nSPS) is 19.8. The summed E-state index contributed by atoms with van der Waals surface area (Å²) < 4.78 is 35.0. The first-order valence-corrected chi connectivity index (χ1v) is 11.2. The number of sulfonamides is 1. The van der Waals surface area contributed by atoms with Crippen molar-refractivity contribution >= 4 is 20.9 Å². The van der Waals surface area contributed by atoms with Crippen molar-refractivity contribution in [2.45, 2.75) is 30.2 Å². The van der Waals surface area contributed by atoms with Crippen LogP contribution in [0, 0.1) is 0 Å². The van der Waals surface area contributed by atoms with E-state index in [9.17, 15) is 13.2 Å². The molecule has 2 aromatic carbocycles. The molecule has 1 fully saturated rings. The van der Waals surface area contributed by atoms with Crippen LogP contribution in [0.4, 0.5) is 0 Å². The predicted octanol–water partition coefficient (Wildman–Crippen LogP) is 2.36. The van der Waals surface area contributed by atoms with Crippen LogP contribution in [0.5, 0.6) is 5.75 Å². The fraction of sp³-hybridized carbons (Fsp3) is 0.333. The minimum absolute atomic E-state index is 0.130. The Kier molecular flexibility index (Phi) is 4.40. The number of fused-ring (bicyclic) bond motifs is 2. The van der Waals surface area contributed by atoms with E-state index < -0.39 is 10.0 Å². The first kappa shape index (κ1) is 18.3. The first-order valence-electron chi connectivity index (χ1n) is 9.76. The van der Waals surface area contributed by atoms with E-state index in [1.807, 2.05) is 12.1 Å². The number of hydrogen-bond donors (Lipinski definition) is 0. The summed E-state index contributed by atoms with van der Waals surface area (Å²) in [5.41, 5.74) is 1.44. The summed E-state index contributed by atoms with van der Waals surface area (Å²) in [4.78, 5) is 17.6. The van der Waals surface area contributed by atoms with Gasteiger partial charge < -0.3 is 4.74 Å². The van der Waals surface area contributed by atoms with Crippen LogP contribution in [0.15, 0.2) is 58.5 Å². The van der Waals surface area contributed by atoms with Crippen molar-refractivity contribution in [1.82, 2.24) is 13.9 Å². The molecule has 0 N–H and O–H groups in total. The zero-order valence-corrected chi connectivity index (χ0v) is 16.6. The van der Waals surface area contributed by atoms with Gasteiger partial charge in [-0.3, -0.25) is 9.36 Å². The number of rotatable bonds is 3. The van der Waals surface area contributed by atoms with Gasteiger partial charge in [-0.2, -0.15) is 4.31 Å². The SMILES string of the molecule is O=c1c2ccccc2ncn1[C@H]1CCCN(S(=O)(=O)c2ccc3c(c2)CCO3)C1. The molecule has 3 aromatic rings. The molecule has 0 spiro atoms. The zero-order valence-electron chi connectivity index (χ0n) is 15.8. The predicted molar refractivity (Wildman–Crippen MR) is 109 cm³/mol. The standard InChI is InChI=1S/C21H21N3O4S/c25-21-18-5-1-2-6-19(18)22-14-24(21)16-4-3-10-23(13-16)29(26,27)17-7-8-20-15(12-17)9-11-28-20/h1-2,5-8,12,14,16H,3-4,9-11,13H2/t16-/m0/s1. The smallest absolute Gasteiger partial charge is 0.261 e. The molecule has 3 heterocycles. The Hall–Kier alpha value is -2.71. The van der Waals surface area contributed by atoms with E-state index in [0.717, 1.165) is 24.2 Å². The topological polar surface area (TPSA) is 81.5 Å². The quantitative estimate of drug-likeness (QED) is 0.661. The molecule has 1 atom stereocenters. The van der Waals surface area contributed by atoms with Crippen molar-refractivity contribution in [2.24, 2.45) is 0 Å². The average molecular weight is 411 g/mol. The Morgan fingerprint density at radius 3 is 2.90 bits per heavy atom. The minimum Gasteiger partial charge on any atom is -0.493 e. The van der Waals surface area contributed by atoms with Crippen molar-refractivity contribution in [3.05, 3.63) is 64.7 Å². The van der Waals surface area contributed by atoms with Crippen LogP contribution in [-0.2, 0) is 16.4 Å². The summed E-state index contributed by atoms with van der Waals surface area (Å²) in [5, 5.41) is 0.550. The van der Waals surface area contributed by atoms with Crippen LogP contribution in [0.25, 0.3) is 10.9 Å². The van der Waals surface area contributed by atoms with Crippen molar-refractivity contribution in [3.63, 3.8) is 0 Å². The van der Waals surface area contributed by atoms with Crippen LogP contribution in [0.2, 0.25) is 0 Å². The second-order valence-corrected chi connectivity index (χ2v) is 9.44. The number of benzene rings is 2. The zero-order chi connectivity index (χ0) is 20.0. The summed E-state index contributed by atoms with van der Waals surface area (Å²) >= 11 is 0. The Balaban J connectivity index is 1.46. The molecule has 0 unspecified atom stereocenters. The molecule has 0 saturated carbocycles. The summed E-state index contributed by atoms with van der Waals surface area (Å²) in [5.74, 6) is 0.759. The van der Waals surface area contributed by atoms with Crippen LogP contribution < -0.4 is 10.3 Å². The van der Waals surface area contributed by atoms with Crippen molar-refractivity contribution in [1.29, 1.82) is 0 Å². The number of ether oxygens (including phenoxy) is 1. The summed E-state index contributed by atoms with van der Waals surface area (Å²) in [6.45, 7) is 1.29. The van der Waals surface area contributed by atoms with E-state index >= 15 is 0 Å². The average Bonchev–Trinajstić information content (AvgIpc) is 3.22. The molecule has 150 valence electrons. The third kappa shape index (κ3) is 3.12. The van der Waals surface area contributed by atoms with E-state index in [1.54, 1.807) is 34.9 Å². The lowest BCUT2D eigenvalue weighted by molar-refractivity contribution is 0.262. The molecule has 29 heavy (non-hydrogen) atoms. The van der Waals surface area contributed by atoms with Gasteiger partial charge in [-0.15, -0.1) is 0 Å². The Morgan fingerprint density at radius 1 is 1.14 bits per heavy atom. The maximum Gasteiger partial charge on any atom is 0.261 e. The molecule has 1 aromatic heterocycles. The fourth-order valence-corrected chi connectivity index (χ4v) is 5.75. The van der Waals surface area contributed by atoms with Crippen LogP contribution in [-0.4, -0.2) is 42.0 Å². The van der Waals surface area contributed by atoms with Gasteiger partial charge in [0.2, 0.25) is 10.0 Å². The molecule has 5 rings (SSSR count). The Morgan fingerprint density at radius 2 is 2.00 bits per heavy atom. The van der Waals surface area contributed by atoms with Crippen LogP contribution in [0.1, 0.15) is 24.4 Å². The van der Waals surface area contributed by atoms with E-state index in [2.05, 4.69) is 4.98 Å². The van der Waals surface area contributed by atoms with Gasteiger partial charge in [0.1, 0.15) is 5.75 Å². The van der Waals surface area contributed by atoms with Gasteiger partial charge in [0.25, 0.3) is 5.56 Å². The van der Waals surface area contributed by atoms with Gasteiger partial charge >= 0.3 is 0 Å². The molecule has 7 nitrogen and oxygen atoms in total. The number of hydrogen-bond acceptors (Lipinski definition) is 5. The van der Waals surface area contributed by atoms with Crippen molar-refractivity contribution in [2.75, 3.05) is 19.7 Å². The number of nitrogens with zero attached hydrogens (tertiary/aromatic N) is 3. The highest BCUT2D eigenvalue weighted by molar-refractivity contribution is 7.89. The van der Waals surface area contributed by atoms with Crippen molar-refractivity contribution in [3.8, 4) is 5.75 Å². The molecule has 0 radical (unpaired) electrons. The fourth-order valence-electron chi connectivity index (χ4n) is 4.18. The summed E-state index contributed by atoms with van der Waals surface area (Å²) in [6, 6.07) is 12.0. The maximum atomic E-state index is 13.2. The van der Waals surface area contributed by atoms with E-state index in [-0.39, 0.29) is 23.0 Å². The highest BCUT2D eigenvalue weighted by atomic mass is 32.2. The third-order valence-corrected chi connectivity index (χ3v) is 7.60. The third-order valence-electron chi connectivity index (χ3n) is 5.74. The Labute approximate surface area is 168 Å². The van der Waals surface area contributed by atoms with Gasteiger partial charge in [-0.1, -0.05) is 12.1 Å². The Bertz CT molecular complexity index is 1250. The summed E-state index contributed by atoms with van der Waals surface area (Å²) in [6.07, 6.45) is 3.69. The second kappa shape index (κ2) is 6.96. The number of para-hydroxylation sites is 1. The molecule has 8 heteroatoms. The largest absolute Gasteiger partial charge is 0.493 e. The van der Waals surface area contributed by atoms with Gasteiger partial charge in [0.15, 0.2) is 0 Å². The van der Waals surface area contributed by atoms with E-state index in [0.29, 0.717) is 30.5 Å². The maximum absolute atomic E-state index is 13.2. The summed E-state index contributed by atoms with van der Waals surface area (Å²) in [7, 11) is -3.64. The molecular formula is C21H21N3O4S. The molecular weight excluding hydrogens is 390 g/mol. The van der Waals surface area contributed by atoms with E-state index in [1.165, 1.54) is 10.6 Å². The van der Waals surface area contributed by atoms with Gasteiger partial charge in [0, 0.05) is 19.5 Å². The number of piperidine rings is 1. The van der Waals surface area contributed by atoms with Crippen molar-refractivity contribution < 1.29 is 13.2 Å². The molecule has 2 aliphatic heterocycles. The minimum atomic E-state index is -3.64. The van der Waals surface area contributed by atoms with Gasteiger partial charge in [0.05, 0.1) is 34.8 Å². The molecule has 0 bridgehead atoms. The molecule has 0 amide bonds. The lowest BCUT2D eigenvalue weighted by Gasteiger charge is -2.32. The lowest BCUT2D eigenvalue weighted by atomic mass is 10.1. The molecule has 1 saturated heterocycles. The highest BCUT2D eigenvalue weighted by Crippen LogP contribution is 2.31. The second-order valence-electron chi connectivity index (χ2n) is 7.50. The van der Waals surface area contributed by atoms with Crippen LogP contribution in [0.3, 0.4) is 0 Å². The van der Waals surface area contributed by atoms with E-state index in [4.69, 9.17) is 4.74 Å². The monoisotopic (exact) mass is 411 g/mol. The van der Waals surface area contributed by atoms with Gasteiger partial charge in [-0.25, -0.2) is 13.4 Å². The molecule has 2 aliphatic rings. The highest BCUT2D eigenvalue weighted by Gasteiger charge is 2.32. The number of aromatic nitrogens is 2. The lowest BCUT2D eigenvalue weighted by Crippen LogP contribution is -2.42. The van der Waals surface area contributed by atoms with Crippen LogP contribution >= 0.6 is 0 Å². The molecule has 0 aliphatic carbocycles. The first-order chi connectivity index (χ1) is 14.0.